The molecule has 1 heterocycles. The van der Waals surface area contributed by atoms with Crippen molar-refractivity contribution in [3.8, 4) is 10.6 Å². The van der Waals surface area contributed by atoms with Crippen LogP contribution in [0.1, 0.15) is 10.5 Å². The number of thiazole rings is 1. The molecule has 15 heavy (non-hydrogen) atoms. The van der Waals surface area contributed by atoms with E-state index in [2.05, 4.69) is 20.9 Å². The van der Waals surface area contributed by atoms with E-state index >= 15 is 0 Å². The highest BCUT2D eigenvalue weighted by molar-refractivity contribution is 9.10. The third kappa shape index (κ3) is 2.13. The van der Waals surface area contributed by atoms with E-state index in [1.54, 1.807) is 11.4 Å². The average Bonchev–Trinajstić information content (AvgIpc) is 2.66. The number of halogens is 2. The van der Waals surface area contributed by atoms with E-state index in [0.717, 1.165) is 5.56 Å². The zero-order valence-corrected chi connectivity index (χ0v) is 9.81. The van der Waals surface area contributed by atoms with Crippen LogP contribution in [0.25, 0.3) is 10.6 Å². The second kappa shape index (κ2) is 4.20. The molecule has 1 aromatic heterocycles. The molecular weight excluding hydrogens is 281 g/mol. The van der Waals surface area contributed by atoms with E-state index in [1.165, 1.54) is 23.5 Å². The summed E-state index contributed by atoms with van der Waals surface area (Å²) in [5.74, 6) is -0.308. The van der Waals surface area contributed by atoms with Gasteiger partial charge in [0.25, 0.3) is 0 Å². The number of carbonyl (C=O) groups is 1. The minimum atomic E-state index is -0.308. The number of aromatic nitrogens is 1. The molecule has 0 fully saturated rings. The highest BCUT2D eigenvalue weighted by atomic mass is 79.9. The Labute approximate surface area is 97.9 Å². The molecule has 0 radical (unpaired) electrons. The van der Waals surface area contributed by atoms with Crippen LogP contribution in [-0.2, 0) is 0 Å². The molecule has 0 aliphatic rings. The Morgan fingerprint density at radius 1 is 1.47 bits per heavy atom. The van der Waals surface area contributed by atoms with E-state index in [1.807, 2.05) is 0 Å². The molecule has 0 aliphatic carbocycles. The first-order valence-electron chi connectivity index (χ1n) is 4.07. The highest BCUT2D eigenvalue weighted by Crippen LogP contribution is 2.30. The second-order valence-electron chi connectivity index (χ2n) is 2.82. The van der Waals surface area contributed by atoms with E-state index in [0.29, 0.717) is 21.5 Å². The molecule has 1 aromatic carbocycles. The smallest absolute Gasteiger partial charge is 0.169 e. The molecule has 0 spiro atoms. The first-order valence-corrected chi connectivity index (χ1v) is 5.74. The number of carbonyl (C=O) groups excluding carboxylic acids is 1. The molecule has 2 rings (SSSR count). The van der Waals surface area contributed by atoms with Gasteiger partial charge in [-0.2, -0.15) is 0 Å². The topological polar surface area (TPSA) is 30.0 Å². The van der Waals surface area contributed by atoms with Crippen LogP contribution < -0.4 is 0 Å². The van der Waals surface area contributed by atoms with Crippen molar-refractivity contribution in [3.05, 3.63) is 39.6 Å². The van der Waals surface area contributed by atoms with E-state index in [9.17, 15) is 9.18 Å². The van der Waals surface area contributed by atoms with Gasteiger partial charge >= 0.3 is 0 Å². The number of benzene rings is 1. The summed E-state index contributed by atoms with van der Waals surface area (Å²) < 4.78 is 13.5. The fourth-order valence-corrected chi connectivity index (χ4v) is 2.60. The SMILES string of the molecule is O=Cc1csc(-c2ccc(F)cc2Br)n1. The van der Waals surface area contributed by atoms with Crippen molar-refractivity contribution in [2.24, 2.45) is 0 Å². The first-order chi connectivity index (χ1) is 7.20. The Kier molecular flexibility index (Phi) is 2.93. The molecule has 2 aromatic rings. The monoisotopic (exact) mass is 285 g/mol. The van der Waals surface area contributed by atoms with Gasteiger partial charge in [0.2, 0.25) is 0 Å². The van der Waals surface area contributed by atoms with Crippen LogP contribution in [-0.4, -0.2) is 11.3 Å². The van der Waals surface area contributed by atoms with E-state index in [-0.39, 0.29) is 5.82 Å². The molecule has 5 heteroatoms. The van der Waals surface area contributed by atoms with Gasteiger partial charge in [0, 0.05) is 15.4 Å². The molecular formula is C10H5BrFNOS. The summed E-state index contributed by atoms with van der Waals surface area (Å²) in [5.41, 5.74) is 1.18. The zero-order chi connectivity index (χ0) is 10.8. The third-order valence-corrected chi connectivity index (χ3v) is 3.35. The van der Waals surface area contributed by atoms with Gasteiger partial charge < -0.3 is 0 Å². The van der Waals surface area contributed by atoms with Gasteiger partial charge in [0.05, 0.1) is 0 Å². The van der Waals surface area contributed by atoms with Crippen molar-refractivity contribution in [2.75, 3.05) is 0 Å². The molecule has 0 aliphatic heterocycles. The molecule has 2 nitrogen and oxygen atoms in total. The second-order valence-corrected chi connectivity index (χ2v) is 4.53. The average molecular weight is 286 g/mol. The van der Waals surface area contributed by atoms with Gasteiger partial charge in [-0.1, -0.05) is 0 Å². The van der Waals surface area contributed by atoms with Gasteiger partial charge in [0.15, 0.2) is 6.29 Å². The summed E-state index contributed by atoms with van der Waals surface area (Å²) in [6.07, 6.45) is 0.692. The lowest BCUT2D eigenvalue weighted by Crippen LogP contribution is -1.83. The highest BCUT2D eigenvalue weighted by Gasteiger charge is 2.08. The van der Waals surface area contributed by atoms with Crippen LogP contribution >= 0.6 is 27.3 Å². The lowest BCUT2D eigenvalue weighted by Gasteiger charge is -1.99. The third-order valence-electron chi connectivity index (χ3n) is 1.80. The largest absolute Gasteiger partial charge is 0.296 e. The Hall–Kier alpha value is -1.07. The van der Waals surface area contributed by atoms with Crippen LogP contribution in [0.2, 0.25) is 0 Å². The van der Waals surface area contributed by atoms with Crippen LogP contribution in [0.5, 0.6) is 0 Å². The summed E-state index contributed by atoms with van der Waals surface area (Å²) in [6.45, 7) is 0. The number of aldehydes is 1. The minimum Gasteiger partial charge on any atom is -0.296 e. The lowest BCUT2D eigenvalue weighted by molar-refractivity contribution is 0.111. The molecule has 76 valence electrons. The van der Waals surface area contributed by atoms with Crippen molar-refractivity contribution in [1.29, 1.82) is 0 Å². The van der Waals surface area contributed by atoms with Crippen molar-refractivity contribution < 1.29 is 9.18 Å². The Bertz CT molecular complexity index is 512. The zero-order valence-electron chi connectivity index (χ0n) is 7.41. The van der Waals surface area contributed by atoms with Gasteiger partial charge in [-0.3, -0.25) is 4.79 Å². The van der Waals surface area contributed by atoms with Crippen LogP contribution in [0.3, 0.4) is 0 Å². The van der Waals surface area contributed by atoms with Crippen LogP contribution in [0, 0.1) is 5.82 Å². The summed E-state index contributed by atoms with van der Waals surface area (Å²) >= 11 is 4.61. The van der Waals surface area contributed by atoms with Gasteiger partial charge in [-0.25, -0.2) is 9.37 Å². The number of rotatable bonds is 2. The maximum absolute atomic E-state index is 12.8. The Morgan fingerprint density at radius 2 is 2.27 bits per heavy atom. The minimum absolute atomic E-state index is 0.308. The van der Waals surface area contributed by atoms with Crippen molar-refractivity contribution >= 4 is 33.6 Å². The molecule has 0 saturated heterocycles. The quantitative estimate of drug-likeness (QED) is 0.790. The Morgan fingerprint density at radius 3 is 2.87 bits per heavy atom. The van der Waals surface area contributed by atoms with Crippen LogP contribution in [0.4, 0.5) is 4.39 Å². The fourth-order valence-electron chi connectivity index (χ4n) is 1.13. The predicted octanol–water partition coefficient (Wildman–Crippen LogP) is 3.52. The molecule has 0 saturated carbocycles. The van der Waals surface area contributed by atoms with Gasteiger partial charge in [-0.15, -0.1) is 11.3 Å². The summed E-state index contributed by atoms with van der Waals surface area (Å²) in [6, 6.07) is 4.37. The van der Waals surface area contributed by atoms with Gasteiger partial charge in [-0.05, 0) is 34.1 Å². The number of nitrogens with zero attached hydrogens (tertiary/aromatic N) is 1. The van der Waals surface area contributed by atoms with Gasteiger partial charge in [0.1, 0.15) is 16.5 Å². The maximum Gasteiger partial charge on any atom is 0.169 e. The van der Waals surface area contributed by atoms with Crippen molar-refractivity contribution in [1.82, 2.24) is 4.98 Å². The first kappa shape index (κ1) is 10.4. The molecule has 0 bridgehead atoms. The maximum atomic E-state index is 12.8. The van der Waals surface area contributed by atoms with Crippen LogP contribution in [0.15, 0.2) is 28.1 Å². The molecule has 0 amide bonds. The summed E-state index contributed by atoms with van der Waals surface area (Å²) in [7, 11) is 0. The molecule has 0 N–H and O–H groups in total. The molecule has 0 unspecified atom stereocenters. The number of hydrogen-bond donors (Lipinski definition) is 0. The number of hydrogen-bond acceptors (Lipinski definition) is 3. The van der Waals surface area contributed by atoms with Crippen molar-refractivity contribution in [3.63, 3.8) is 0 Å². The van der Waals surface area contributed by atoms with E-state index < -0.39 is 0 Å². The standard InChI is InChI=1S/C10H5BrFNOS/c11-9-3-6(12)1-2-8(9)10-13-7(4-14)5-15-10/h1-5H. The Balaban J connectivity index is 2.49. The summed E-state index contributed by atoms with van der Waals surface area (Å²) in [5, 5.41) is 2.36. The molecule has 0 atom stereocenters. The predicted molar refractivity (Wildman–Crippen MR) is 60.6 cm³/mol. The van der Waals surface area contributed by atoms with E-state index in [4.69, 9.17) is 0 Å². The normalized spacial score (nSPS) is 10.3. The van der Waals surface area contributed by atoms with Crippen molar-refractivity contribution in [2.45, 2.75) is 0 Å². The lowest BCUT2D eigenvalue weighted by atomic mass is 10.2. The summed E-state index contributed by atoms with van der Waals surface area (Å²) in [4.78, 5) is 14.6. The fraction of sp³-hybridized carbons (Fsp3) is 0.